The topological polar surface area (TPSA) is 94.6 Å². The minimum absolute atomic E-state index is 0.0164. The van der Waals surface area contributed by atoms with Crippen LogP contribution in [-0.2, 0) is 32.2 Å². The van der Waals surface area contributed by atoms with Gasteiger partial charge in [0.05, 0.1) is 18.8 Å². The normalized spacial score (nSPS) is 25.6. The number of carbonyl (C=O) groups excluding carboxylic acids is 2. The molecule has 0 unspecified atom stereocenters. The van der Waals surface area contributed by atoms with Crippen molar-refractivity contribution < 1.29 is 37.3 Å². The highest BCUT2D eigenvalue weighted by molar-refractivity contribution is 5.90. The number of carbonyl (C=O) groups is 2. The molecule has 4 aliphatic heterocycles. The molecule has 12 heteroatoms. The number of benzene rings is 3. The van der Waals surface area contributed by atoms with Gasteiger partial charge in [-0.1, -0.05) is 72.8 Å². The quantitative estimate of drug-likeness (QED) is 0.245. The molecule has 4 heterocycles. The summed E-state index contributed by atoms with van der Waals surface area (Å²) < 4.78 is 52.7. The van der Waals surface area contributed by atoms with Crippen LogP contribution in [0, 0.1) is 0 Å². The van der Waals surface area contributed by atoms with Crippen LogP contribution in [0.15, 0.2) is 72.8 Å². The maximum absolute atomic E-state index is 13.1. The lowest BCUT2D eigenvalue weighted by Gasteiger charge is -2.39. The first-order chi connectivity index (χ1) is 25.7. The Labute approximate surface area is 309 Å². The number of alkyl halides is 3. The monoisotopic (exact) mass is 734 g/mol. The average molecular weight is 735 g/mol. The van der Waals surface area contributed by atoms with Crippen LogP contribution in [-0.4, -0.2) is 95.3 Å². The first kappa shape index (κ1) is 37.5. The van der Waals surface area contributed by atoms with E-state index in [9.17, 15) is 27.9 Å². The van der Waals surface area contributed by atoms with Crippen molar-refractivity contribution in [3.63, 3.8) is 0 Å². The van der Waals surface area contributed by atoms with Crippen LogP contribution in [0.25, 0.3) is 11.1 Å². The number of amides is 2. The lowest BCUT2D eigenvalue weighted by Crippen LogP contribution is -2.50. The number of likely N-dealkylation sites (tertiary alicyclic amines) is 3. The fourth-order valence-electron chi connectivity index (χ4n) is 8.42. The molecular formula is C41H49F3N4O5. The Balaban J connectivity index is 1.05. The molecule has 0 aliphatic carbocycles. The van der Waals surface area contributed by atoms with Crippen molar-refractivity contribution in [2.75, 3.05) is 39.3 Å². The van der Waals surface area contributed by atoms with Crippen LogP contribution >= 0.6 is 0 Å². The van der Waals surface area contributed by atoms with E-state index >= 15 is 0 Å². The minimum Gasteiger partial charge on any atom is -0.392 e. The second kappa shape index (κ2) is 16.7. The highest BCUT2D eigenvalue weighted by Crippen LogP contribution is 2.39. The summed E-state index contributed by atoms with van der Waals surface area (Å²) in [6, 6.07) is 22.8. The molecule has 0 saturated carbocycles. The first-order valence-corrected chi connectivity index (χ1v) is 19.0. The third kappa shape index (κ3) is 8.95. The summed E-state index contributed by atoms with van der Waals surface area (Å²) in [6.45, 7) is 5.39. The molecule has 4 fully saturated rings. The number of nitrogens with zero attached hydrogens (tertiary/aromatic N) is 3. The molecule has 4 saturated heterocycles. The lowest BCUT2D eigenvalue weighted by atomic mass is 9.97. The number of rotatable bonds is 11. The number of ether oxygens (including phenoxy) is 2. The maximum Gasteiger partial charge on any atom is 0.471 e. The Morgan fingerprint density at radius 2 is 1.53 bits per heavy atom. The number of aliphatic hydroxyl groups is 1. The van der Waals surface area contributed by atoms with Gasteiger partial charge in [-0.15, -0.1) is 0 Å². The van der Waals surface area contributed by atoms with Gasteiger partial charge in [-0.3, -0.25) is 14.5 Å². The van der Waals surface area contributed by atoms with Gasteiger partial charge in [0.15, 0.2) is 6.29 Å². The molecule has 5 atom stereocenters. The zero-order chi connectivity index (χ0) is 37.0. The smallest absolute Gasteiger partial charge is 0.392 e. The number of halogens is 3. The third-order valence-electron chi connectivity index (χ3n) is 11.2. The first-order valence-electron chi connectivity index (χ1n) is 19.0. The summed E-state index contributed by atoms with van der Waals surface area (Å²) in [4.78, 5) is 30.7. The van der Waals surface area contributed by atoms with Crippen molar-refractivity contribution in [2.45, 2.75) is 94.9 Å². The summed E-state index contributed by atoms with van der Waals surface area (Å²) in [5.74, 6) is -2.57. The Bertz CT molecular complexity index is 1700. The Kier molecular flexibility index (Phi) is 11.8. The van der Waals surface area contributed by atoms with Gasteiger partial charge >= 0.3 is 12.1 Å². The fraction of sp³-hybridized carbons (Fsp3) is 0.512. The van der Waals surface area contributed by atoms with Crippen molar-refractivity contribution in [3.05, 3.63) is 95.1 Å². The van der Waals surface area contributed by atoms with E-state index < -0.39 is 30.3 Å². The maximum atomic E-state index is 13.1. The zero-order valence-corrected chi connectivity index (χ0v) is 30.0. The van der Waals surface area contributed by atoms with Gasteiger partial charge in [-0.25, -0.2) is 0 Å². The molecule has 2 amide bonds. The summed E-state index contributed by atoms with van der Waals surface area (Å²) in [7, 11) is 0. The Hall–Kier alpha value is -3.81. The molecule has 0 radical (unpaired) electrons. The van der Waals surface area contributed by atoms with E-state index in [1.54, 1.807) is 0 Å². The van der Waals surface area contributed by atoms with E-state index in [1.165, 1.54) is 38.8 Å². The van der Waals surface area contributed by atoms with Gasteiger partial charge in [0, 0.05) is 44.2 Å². The molecule has 3 aromatic rings. The van der Waals surface area contributed by atoms with E-state index in [-0.39, 0.29) is 38.3 Å². The SMILES string of the molecule is O=C(NCc1ccccc1-c1ccc([C@@H]2O[C@H](CN3CCC[C@H]3CN3CCCC3)C[C@H](c3ccc(CO)cc3)O2)cc1)[C@@H]1CCCN1C(=O)C(F)(F)F. The van der Waals surface area contributed by atoms with Crippen molar-refractivity contribution >= 4 is 11.8 Å². The van der Waals surface area contributed by atoms with Crippen LogP contribution in [0.5, 0.6) is 0 Å². The Morgan fingerprint density at radius 3 is 2.26 bits per heavy atom. The molecule has 3 aromatic carbocycles. The number of nitrogens with one attached hydrogen (secondary N) is 1. The van der Waals surface area contributed by atoms with Crippen LogP contribution in [0.3, 0.4) is 0 Å². The molecule has 9 nitrogen and oxygen atoms in total. The van der Waals surface area contributed by atoms with Crippen LogP contribution in [0.1, 0.15) is 79.6 Å². The molecule has 0 spiro atoms. The highest BCUT2D eigenvalue weighted by atomic mass is 19.4. The van der Waals surface area contributed by atoms with E-state index in [4.69, 9.17) is 9.47 Å². The van der Waals surface area contributed by atoms with Crippen molar-refractivity contribution in [1.82, 2.24) is 20.0 Å². The lowest BCUT2D eigenvalue weighted by molar-refractivity contribution is -0.253. The largest absolute Gasteiger partial charge is 0.471 e. The van der Waals surface area contributed by atoms with E-state index in [0.717, 1.165) is 59.4 Å². The van der Waals surface area contributed by atoms with Gasteiger partial charge in [-0.2, -0.15) is 13.2 Å². The zero-order valence-electron chi connectivity index (χ0n) is 30.0. The van der Waals surface area contributed by atoms with Gasteiger partial charge in [-0.05, 0) is 86.0 Å². The van der Waals surface area contributed by atoms with Gasteiger partial charge in [0.25, 0.3) is 0 Å². The molecule has 0 bridgehead atoms. The second-order valence-electron chi connectivity index (χ2n) is 14.8. The summed E-state index contributed by atoms with van der Waals surface area (Å²) >= 11 is 0. The molecule has 284 valence electrons. The second-order valence-corrected chi connectivity index (χ2v) is 14.8. The van der Waals surface area contributed by atoms with Gasteiger partial charge in [0.2, 0.25) is 5.91 Å². The van der Waals surface area contributed by atoms with E-state index in [2.05, 4.69) is 15.1 Å². The highest BCUT2D eigenvalue weighted by Gasteiger charge is 2.47. The van der Waals surface area contributed by atoms with Crippen molar-refractivity contribution in [1.29, 1.82) is 0 Å². The molecule has 7 rings (SSSR count). The predicted octanol–water partition coefficient (Wildman–Crippen LogP) is 6.12. The standard InChI is InChI=1S/C41H49F3N4O5/c42-41(43,44)40(51)48-22-6-10-36(48)38(50)45-24-32-7-1-2-9-35(32)29-15-17-31(18-16-29)39-52-34(23-37(53-39)30-13-11-28(27-49)12-14-30)26-47-21-5-8-33(47)25-46-19-3-4-20-46/h1-2,7,9,11-18,33-34,36-37,39,49H,3-6,8,10,19-27H2,(H,45,50)/t33-,34-,36-,37+,39+/m0/s1. The van der Waals surface area contributed by atoms with Gasteiger partial charge < -0.3 is 29.7 Å². The third-order valence-corrected chi connectivity index (χ3v) is 11.2. The number of hydrogen-bond donors (Lipinski definition) is 2. The number of hydrogen-bond acceptors (Lipinski definition) is 7. The summed E-state index contributed by atoms with van der Waals surface area (Å²) in [5, 5.41) is 12.4. The van der Waals surface area contributed by atoms with E-state index in [1.807, 2.05) is 72.8 Å². The molecule has 53 heavy (non-hydrogen) atoms. The average Bonchev–Trinajstić information content (AvgIpc) is 3.97. The predicted molar refractivity (Wildman–Crippen MR) is 193 cm³/mol. The molecular weight excluding hydrogens is 685 g/mol. The van der Waals surface area contributed by atoms with Crippen LogP contribution in [0.4, 0.5) is 13.2 Å². The van der Waals surface area contributed by atoms with Crippen LogP contribution < -0.4 is 5.32 Å². The van der Waals surface area contributed by atoms with Crippen molar-refractivity contribution in [3.8, 4) is 11.1 Å². The molecule has 4 aliphatic rings. The minimum atomic E-state index is -5.02. The fourth-order valence-corrected chi connectivity index (χ4v) is 8.42. The summed E-state index contributed by atoms with van der Waals surface area (Å²) in [6.07, 6.45) is 0.389. The Morgan fingerprint density at radius 1 is 0.811 bits per heavy atom. The molecule has 2 N–H and O–H groups in total. The molecule has 0 aromatic heterocycles. The van der Waals surface area contributed by atoms with Crippen LogP contribution in [0.2, 0.25) is 0 Å². The van der Waals surface area contributed by atoms with Gasteiger partial charge in [0.1, 0.15) is 6.04 Å². The van der Waals surface area contributed by atoms with Crippen molar-refractivity contribution in [2.24, 2.45) is 0 Å². The summed E-state index contributed by atoms with van der Waals surface area (Å²) in [5.41, 5.74) is 5.35. The number of aliphatic hydroxyl groups excluding tert-OH is 1. The van der Waals surface area contributed by atoms with E-state index in [0.29, 0.717) is 17.4 Å².